The highest BCUT2D eigenvalue weighted by atomic mass is 16.7. The summed E-state index contributed by atoms with van der Waals surface area (Å²) in [5, 5.41) is 10.1. The van der Waals surface area contributed by atoms with Crippen molar-refractivity contribution < 1.29 is 14.6 Å². The Morgan fingerprint density at radius 1 is 1.12 bits per heavy atom. The topological polar surface area (TPSA) is 38.7 Å². The second-order valence-electron chi connectivity index (χ2n) is 3.98. The van der Waals surface area contributed by atoms with E-state index in [9.17, 15) is 5.11 Å². The molecular weight excluding hydrogens is 216 g/mol. The van der Waals surface area contributed by atoms with Crippen molar-refractivity contribution in [1.82, 2.24) is 0 Å². The van der Waals surface area contributed by atoms with Crippen LogP contribution in [0.5, 0.6) is 0 Å². The molecule has 0 aromatic heterocycles. The zero-order valence-electron chi connectivity index (χ0n) is 10.8. The van der Waals surface area contributed by atoms with Crippen molar-refractivity contribution in [2.45, 2.75) is 39.6 Å². The molecule has 0 spiro atoms. The Bertz CT molecular complexity index is 319. The van der Waals surface area contributed by atoms with Crippen LogP contribution in [-0.4, -0.2) is 30.7 Å². The van der Waals surface area contributed by atoms with E-state index in [1.165, 1.54) is 5.56 Å². The van der Waals surface area contributed by atoms with E-state index in [1.54, 1.807) is 0 Å². The van der Waals surface area contributed by atoms with E-state index in [0.717, 1.165) is 5.56 Å². The molecule has 1 rings (SSSR count). The summed E-state index contributed by atoms with van der Waals surface area (Å²) in [5.74, 6) is 0. The minimum absolute atomic E-state index is 0.537. The normalized spacial score (nSPS) is 13.0. The van der Waals surface area contributed by atoms with Gasteiger partial charge in [0.25, 0.3) is 0 Å². The molecule has 3 nitrogen and oxygen atoms in total. The van der Waals surface area contributed by atoms with Crippen LogP contribution in [0.3, 0.4) is 0 Å². The third-order valence-corrected chi connectivity index (χ3v) is 2.67. The summed E-state index contributed by atoms with van der Waals surface area (Å²) in [6.45, 7) is 6.91. The predicted molar refractivity (Wildman–Crippen MR) is 67.9 cm³/mol. The fourth-order valence-electron chi connectivity index (χ4n) is 1.76. The molecular formula is C14H22O3. The molecule has 1 atom stereocenters. The van der Waals surface area contributed by atoms with Crippen LogP contribution < -0.4 is 0 Å². The molecule has 1 aromatic rings. The minimum Gasteiger partial charge on any atom is -0.387 e. The maximum Gasteiger partial charge on any atom is 0.183 e. The van der Waals surface area contributed by atoms with Gasteiger partial charge in [-0.15, -0.1) is 0 Å². The van der Waals surface area contributed by atoms with E-state index in [2.05, 4.69) is 0 Å². The zero-order chi connectivity index (χ0) is 12.7. The Balaban J connectivity index is 2.62. The highest BCUT2D eigenvalue weighted by Gasteiger charge is 2.20. The summed E-state index contributed by atoms with van der Waals surface area (Å²) >= 11 is 0. The van der Waals surface area contributed by atoms with Crippen LogP contribution in [0.1, 0.15) is 25.0 Å². The molecule has 0 amide bonds. The van der Waals surface area contributed by atoms with Crippen LogP contribution in [0.4, 0.5) is 0 Å². The van der Waals surface area contributed by atoms with E-state index in [-0.39, 0.29) is 0 Å². The standard InChI is InChI=1S/C14H22O3/c1-4-16-14(17-5-2)13(15)10-12-9-7-6-8-11(12)3/h6-9,13-15H,4-5,10H2,1-3H3. The third-order valence-electron chi connectivity index (χ3n) is 2.67. The fourth-order valence-corrected chi connectivity index (χ4v) is 1.76. The van der Waals surface area contributed by atoms with Gasteiger partial charge in [0.2, 0.25) is 0 Å². The number of rotatable bonds is 7. The Morgan fingerprint density at radius 2 is 1.71 bits per heavy atom. The van der Waals surface area contributed by atoms with Crippen LogP contribution in [0.15, 0.2) is 24.3 Å². The van der Waals surface area contributed by atoms with Crippen molar-refractivity contribution in [3.63, 3.8) is 0 Å². The maximum atomic E-state index is 10.1. The van der Waals surface area contributed by atoms with Gasteiger partial charge < -0.3 is 14.6 Å². The largest absolute Gasteiger partial charge is 0.387 e. The average molecular weight is 238 g/mol. The van der Waals surface area contributed by atoms with Gasteiger partial charge in [0, 0.05) is 19.6 Å². The van der Waals surface area contributed by atoms with E-state index in [4.69, 9.17) is 9.47 Å². The summed E-state index contributed by atoms with van der Waals surface area (Å²) in [7, 11) is 0. The van der Waals surface area contributed by atoms with Gasteiger partial charge in [0.15, 0.2) is 6.29 Å². The third kappa shape index (κ3) is 4.46. The molecule has 0 bridgehead atoms. The van der Waals surface area contributed by atoms with Gasteiger partial charge in [0.05, 0.1) is 0 Å². The van der Waals surface area contributed by atoms with Crippen molar-refractivity contribution in [2.24, 2.45) is 0 Å². The molecule has 1 unspecified atom stereocenters. The SMILES string of the molecule is CCOC(OCC)C(O)Cc1ccccc1C. The first kappa shape index (κ1) is 14.2. The zero-order valence-corrected chi connectivity index (χ0v) is 10.8. The lowest BCUT2D eigenvalue weighted by Crippen LogP contribution is -2.33. The van der Waals surface area contributed by atoms with Gasteiger partial charge in [-0.05, 0) is 31.9 Å². The number of ether oxygens (including phenoxy) is 2. The number of hydrogen-bond acceptors (Lipinski definition) is 3. The average Bonchev–Trinajstić information content (AvgIpc) is 2.32. The second-order valence-corrected chi connectivity index (χ2v) is 3.98. The molecule has 17 heavy (non-hydrogen) atoms. The number of aliphatic hydroxyl groups is 1. The summed E-state index contributed by atoms with van der Waals surface area (Å²) < 4.78 is 10.8. The Labute approximate surface area is 103 Å². The van der Waals surface area contributed by atoms with Crippen LogP contribution >= 0.6 is 0 Å². The fraction of sp³-hybridized carbons (Fsp3) is 0.571. The molecule has 0 fully saturated rings. The van der Waals surface area contributed by atoms with Gasteiger partial charge in [-0.3, -0.25) is 0 Å². The molecule has 3 heteroatoms. The van der Waals surface area contributed by atoms with Crippen LogP contribution in [0.25, 0.3) is 0 Å². The molecule has 0 saturated carbocycles. The number of benzene rings is 1. The van der Waals surface area contributed by atoms with Gasteiger partial charge >= 0.3 is 0 Å². The Kier molecular flexibility index (Phi) is 6.19. The van der Waals surface area contributed by atoms with E-state index in [0.29, 0.717) is 19.6 Å². The lowest BCUT2D eigenvalue weighted by atomic mass is 10.0. The van der Waals surface area contributed by atoms with Crippen LogP contribution in [0, 0.1) is 6.92 Å². The van der Waals surface area contributed by atoms with Crippen LogP contribution in [-0.2, 0) is 15.9 Å². The molecule has 0 aliphatic carbocycles. The van der Waals surface area contributed by atoms with Crippen molar-refractivity contribution in [2.75, 3.05) is 13.2 Å². The summed E-state index contributed by atoms with van der Waals surface area (Å²) in [5.41, 5.74) is 2.31. The molecule has 0 aliphatic rings. The number of aliphatic hydroxyl groups excluding tert-OH is 1. The van der Waals surface area contributed by atoms with Crippen molar-refractivity contribution in [3.05, 3.63) is 35.4 Å². The number of aryl methyl sites for hydroxylation is 1. The molecule has 0 saturated heterocycles. The highest BCUT2D eigenvalue weighted by molar-refractivity contribution is 5.26. The Hall–Kier alpha value is -0.900. The lowest BCUT2D eigenvalue weighted by molar-refractivity contribution is -0.188. The minimum atomic E-state index is -0.629. The second kappa shape index (κ2) is 7.43. The predicted octanol–water partition coefficient (Wildman–Crippen LogP) is 2.30. The Morgan fingerprint density at radius 3 is 2.24 bits per heavy atom. The molecule has 0 heterocycles. The number of hydrogen-bond donors (Lipinski definition) is 1. The quantitative estimate of drug-likeness (QED) is 0.741. The first-order valence-electron chi connectivity index (χ1n) is 6.14. The molecule has 96 valence electrons. The van der Waals surface area contributed by atoms with E-state index >= 15 is 0 Å². The first-order chi connectivity index (χ1) is 8.19. The molecule has 0 radical (unpaired) electrons. The van der Waals surface area contributed by atoms with Crippen LogP contribution in [0.2, 0.25) is 0 Å². The monoisotopic (exact) mass is 238 g/mol. The molecule has 1 N–H and O–H groups in total. The smallest absolute Gasteiger partial charge is 0.183 e. The van der Waals surface area contributed by atoms with Gasteiger partial charge in [0.1, 0.15) is 6.10 Å². The summed E-state index contributed by atoms with van der Waals surface area (Å²) in [6.07, 6.45) is -0.613. The molecule has 1 aromatic carbocycles. The first-order valence-corrected chi connectivity index (χ1v) is 6.14. The summed E-state index contributed by atoms with van der Waals surface area (Å²) in [4.78, 5) is 0. The lowest BCUT2D eigenvalue weighted by Gasteiger charge is -2.23. The maximum absolute atomic E-state index is 10.1. The highest BCUT2D eigenvalue weighted by Crippen LogP contribution is 2.13. The van der Waals surface area contributed by atoms with Gasteiger partial charge in [-0.1, -0.05) is 24.3 Å². The van der Waals surface area contributed by atoms with Crippen molar-refractivity contribution in [3.8, 4) is 0 Å². The van der Waals surface area contributed by atoms with E-state index in [1.807, 2.05) is 45.0 Å². The van der Waals surface area contributed by atoms with Crippen molar-refractivity contribution >= 4 is 0 Å². The van der Waals surface area contributed by atoms with Gasteiger partial charge in [-0.25, -0.2) is 0 Å². The van der Waals surface area contributed by atoms with E-state index < -0.39 is 12.4 Å². The van der Waals surface area contributed by atoms with Gasteiger partial charge in [-0.2, -0.15) is 0 Å². The summed E-state index contributed by atoms with van der Waals surface area (Å²) in [6, 6.07) is 8.03. The molecule has 0 aliphatic heterocycles. The van der Waals surface area contributed by atoms with Crippen molar-refractivity contribution in [1.29, 1.82) is 0 Å².